The van der Waals surface area contributed by atoms with Crippen LogP contribution in [0.5, 0.6) is 0 Å². The molecule has 0 rings (SSSR count). The normalized spacial score (nSPS) is 10.3. The second-order valence-corrected chi connectivity index (χ2v) is 3.28. The first-order chi connectivity index (χ1) is 5.74. The van der Waals surface area contributed by atoms with Crippen LogP contribution in [0.25, 0.3) is 0 Å². The van der Waals surface area contributed by atoms with Crippen molar-refractivity contribution < 1.29 is 21.5 Å². The van der Waals surface area contributed by atoms with E-state index in [1.54, 1.807) is 0 Å². The topological polar surface area (TPSA) is 23.8 Å². The molecule has 0 aromatic rings. The van der Waals surface area contributed by atoms with Gasteiger partial charge in [-0.1, -0.05) is 0 Å². The summed E-state index contributed by atoms with van der Waals surface area (Å²) in [6, 6.07) is 2.20. The lowest BCUT2D eigenvalue weighted by atomic mass is 10.2. The molecule has 0 unspecified atom stereocenters. The second kappa shape index (κ2) is 8.52. The molecule has 0 aliphatic rings. The maximum absolute atomic E-state index is 8.42. The summed E-state index contributed by atoms with van der Waals surface area (Å²) in [4.78, 5) is 0. The van der Waals surface area contributed by atoms with Gasteiger partial charge in [-0.25, -0.2) is 0 Å². The van der Waals surface area contributed by atoms with Gasteiger partial charge in [0, 0.05) is 12.8 Å². The Morgan fingerprint density at radius 3 is 1.85 bits per heavy atom. The number of nitriles is 1. The van der Waals surface area contributed by atoms with Crippen LogP contribution in [0, 0.1) is 11.3 Å². The molecule has 0 heterocycles. The molecule has 78 valence electrons. The maximum Gasteiger partial charge on any atom is 0.0796 e. The first-order valence-electron chi connectivity index (χ1n) is 4.96. The van der Waals surface area contributed by atoms with Crippen LogP contribution in [0.3, 0.4) is 0 Å². The van der Waals surface area contributed by atoms with Gasteiger partial charge in [-0.15, -0.1) is 0 Å². The fourth-order valence-corrected chi connectivity index (χ4v) is 1.64. The Morgan fingerprint density at radius 2 is 1.54 bits per heavy atom. The summed E-state index contributed by atoms with van der Waals surface area (Å²) in [5.74, 6) is 0. The minimum Gasteiger partial charge on any atom is -1.00 e. The van der Waals surface area contributed by atoms with E-state index in [2.05, 4.69) is 26.8 Å². The van der Waals surface area contributed by atoms with E-state index in [1.807, 2.05) is 0 Å². The molecule has 0 aromatic carbocycles. The summed E-state index contributed by atoms with van der Waals surface area (Å²) in [5, 5.41) is 8.42. The minimum atomic E-state index is 0. The molecule has 0 radical (unpaired) electrons. The average Bonchev–Trinajstić information content (AvgIpc) is 2.14. The molecule has 3 heteroatoms. The fraction of sp³-hybridized carbons (Fsp3) is 0.900. The van der Waals surface area contributed by atoms with Gasteiger partial charge < -0.3 is 21.5 Å². The van der Waals surface area contributed by atoms with Crippen molar-refractivity contribution in [2.75, 3.05) is 26.2 Å². The van der Waals surface area contributed by atoms with Crippen molar-refractivity contribution in [2.45, 2.75) is 33.6 Å². The van der Waals surface area contributed by atoms with E-state index in [-0.39, 0.29) is 17.0 Å². The minimum absolute atomic E-state index is 0. The van der Waals surface area contributed by atoms with Crippen LogP contribution in [0.1, 0.15) is 33.6 Å². The van der Waals surface area contributed by atoms with Gasteiger partial charge in [-0.2, -0.15) is 5.26 Å². The van der Waals surface area contributed by atoms with Gasteiger partial charge in [-0.05, 0) is 20.8 Å². The third-order valence-electron chi connectivity index (χ3n) is 2.93. The Balaban J connectivity index is 0. The number of unbranched alkanes of at least 4 members (excludes halogenated alkanes) is 1. The third-order valence-corrected chi connectivity index (χ3v) is 2.93. The molecule has 0 N–H and O–H groups in total. The molecule has 2 nitrogen and oxygen atoms in total. The van der Waals surface area contributed by atoms with Gasteiger partial charge in [0.25, 0.3) is 0 Å². The van der Waals surface area contributed by atoms with Crippen LogP contribution in [0.4, 0.5) is 0 Å². The molecular weight excluding hydrogens is 228 g/mol. The van der Waals surface area contributed by atoms with Crippen LogP contribution in [0.15, 0.2) is 0 Å². The summed E-state index contributed by atoms with van der Waals surface area (Å²) >= 11 is 0. The molecular formula is C10H21BrN2. The molecule has 13 heavy (non-hydrogen) atoms. The summed E-state index contributed by atoms with van der Waals surface area (Å²) in [5.41, 5.74) is 0. The first kappa shape index (κ1) is 15.4. The molecule has 0 saturated carbocycles. The fourth-order valence-electron chi connectivity index (χ4n) is 1.64. The number of rotatable bonds is 6. The van der Waals surface area contributed by atoms with Gasteiger partial charge in [-0.3, -0.25) is 0 Å². The number of hydrogen-bond acceptors (Lipinski definition) is 1. The highest BCUT2D eigenvalue weighted by atomic mass is 79.9. The Labute approximate surface area is 92.9 Å². The lowest BCUT2D eigenvalue weighted by Gasteiger charge is -2.35. The van der Waals surface area contributed by atoms with E-state index < -0.39 is 0 Å². The smallest absolute Gasteiger partial charge is 0.0796 e. The van der Waals surface area contributed by atoms with Crippen LogP contribution in [-0.2, 0) is 0 Å². The average molecular weight is 249 g/mol. The Bertz CT molecular complexity index is 139. The van der Waals surface area contributed by atoms with E-state index in [4.69, 9.17) is 5.26 Å². The molecule has 0 atom stereocenters. The predicted molar refractivity (Wildman–Crippen MR) is 51.6 cm³/mol. The Morgan fingerprint density at radius 1 is 1.08 bits per heavy atom. The highest BCUT2D eigenvalue weighted by Gasteiger charge is 2.19. The molecule has 0 saturated heterocycles. The van der Waals surface area contributed by atoms with Gasteiger partial charge in [0.2, 0.25) is 0 Å². The van der Waals surface area contributed by atoms with Gasteiger partial charge in [0.15, 0.2) is 0 Å². The lowest BCUT2D eigenvalue weighted by molar-refractivity contribution is -0.923. The quantitative estimate of drug-likeness (QED) is 0.445. The van der Waals surface area contributed by atoms with Gasteiger partial charge >= 0.3 is 0 Å². The summed E-state index contributed by atoms with van der Waals surface area (Å²) in [6.07, 6.45) is 1.76. The molecule has 0 bridgehead atoms. The molecule has 0 spiro atoms. The monoisotopic (exact) mass is 248 g/mol. The van der Waals surface area contributed by atoms with Gasteiger partial charge in [0.1, 0.15) is 0 Å². The van der Waals surface area contributed by atoms with Crippen molar-refractivity contribution in [3.8, 4) is 6.07 Å². The number of halogens is 1. The van der Waals surface area contributed by atoms with Crippen molar-refractivity contribution in [1.82, 2.24) is 0 Å². The maximum atomic E-state index is 8.42. The van der Waals surface area contributed by atoms with Crippen LogP contribution in [0.2, 0.25) is 0 Å². The summed E-state index contributed by atoms with van der Waals surface area (Å²) < 4.78 is 1.17. The molecule has 0 aliphatic carbocycles. The number of hydrogen-bond donors (Lipinski definition) is 0. The molecule has 0 aromatic heterocycles. The zero-order valence-corrected chi connectivity index (χ0v) is 10.6. The predicted octanol–water partition coefficient (Wildman–Crippen LogP) is -0.829. The Kier molecular flexibility index (Phi) is 10.1. The zero-order chi connectivity index (χ0) is 9.45. The lowest BCUT2D eigenvalue weighted by Crippen LogP contribution is -3.00. The van der Waals surface area contributed by atoms with Crippen molar-refractivity contribution in [1.29, 1.82) is 5.26 Å². The highest BCUT2D eigenvalue weighted by Crippen LogP contribution is 2.07. The van der Waals surface area contributed by atoms with E-state index in [1.165, 1.54) is 24.1 Å². The molecule has 0 fully saturated rings. The largest absolute Gasteiger partial charge is 1.00 e. The van der Waals surface area contributed by atoms with Crippen molar-refractivity contribution in [2.24, 2.45) is 0 Å². The van der Waals surface area contributed by atoms with E-state index in [0.29, 0.717) is 6.42 Å². The van der Waals surface area contributed by atoms with Crippen molar-refractivity contribution in [3.63, 3.8) is 0 Å². The van der Waals surface area contributed by atoms with Crippen LogP contribution >= 0.6 is 0 Å². The third kappa shape index (κ3) is 5.28. The summed E-state index contributed by atoms with van der Waals surface area (Å²) in [7, 11) is 0. The zero-order valence-electron chi connectivity index (χ0n) is 9.02. The standard InChI is InChI=1S/C10H21N2.BrH/c1-4-12(5-2,6-3)10-8-7-9-11;/h4-8,10H2,1-3H3;1H/q+1;/p-1. The number of quaternary nitrogens is 1. The van der Waals surface area contributed by atoms with E-state index >= 15 is 0 Å². The van der Waals surface area contributed by atoms with Crippen molar-refractivity contribution in [3.05, 3.63) is 0 Å². The van der Waals surface area contributed by atoms with E-state index in [0.717, 1.165) is 13.0 Å². The summed E-state index contributed by atoms with van der Waals surface area (Å²) in [6.45, 7) is 11.4. The number of nitrogens with zero attached hydrogens (tertiary/aromatic N) is 2. The highest BCUT2D eigenvalue weighted by molar-refractivity contribution is 4.67. The second-order valence-electron chi connectivity index (χ2n) is 3.28. The van der Waals surface area contributed by atoms with Crippen molar-refractivity contribution >= 4 is 0 Å². The van der Waals surface area contributed by atoms with E-state index in [9.17, 15) is 0 Å². The molecule has 0 amide bonds. The van der Waals surface area contributed by atoms with Crippen LogP contribution < -0.4 is 17.0 Å². The van der Waals surface area contributed by atoms with Crippen LogP contribution in [-0.4, -0.2) is 30.7 Å². The Hall–Kier alpha value is -0.0700. The molecule has 0 aliphatic heterocycles. The first-order valence-corrected chi connectivity index (χ1v) is 4.96. The SMILES string of the molecule is CC[N+](CC)(CC)CCCC#N.[Br-]. The van der Waals surface area contributed by atoms with Gasteiger partial charge in [0.05, 0.1) is 32.2 Å².